The van der Waals surface area contributed by atoms with E-state index in [9.17, 15) is 35.5 Å². The summed E-state index contributed by atoms with van der Waals surface area (Å²) in [6.45, 7) is 3.48. The lowest BCUT2D eigenvalue weighted by Crippen LogP contribution is -2.45. The number of hydrogen-bond donors (Lipinski definition) is 2. The molecule has 0 saturated heterocycles. The molecule has 4 aromatic rings. The molecule has 0 spiro atoms. The van der Waals surface area contributed by atoms with Crippen LogP contribution in [0.15, 0.2) is 48.5 Å². The average Bonchev–Trinajstić information content (AvgIpc) is 3.30. The van der Waals surface area contributed by atoms with Crippen molar-refractivity contribution in [1.82, 2.24) is 4.98 Å². The van der Waals surface area contributed by atoms with E-state index in [0.717, 1.165) is 29.5 Å². The molecular formula is C28H25F5N2O6S2. The maximum atomic E-state index is 13.6. The van der Waals surface area contributed by atoms with Gasteiger partial charge in [0.15, 0.2) is 11.6 Å². The van der Waals surface area contributed by atoms with E-state index in [1.165, 1.54) is 24.0 Å². The maximum Gasteiger partial charge on any atom is 0.516 e. The molecule has 0 aliphatic carbocycles. The van der Waals surface area contributed by atoms with E-state index in [0.29, 0.717) is 37.9 Å². The van der Waals surface area contributed by atoms with Crippen molar-refractivity contribution in [3.8, 4) is 17.2 Å². The van der Waals surface area contributed by atoms with Crippen LogP contribution in [0.3, 0.4) is 0 Å². The Morgan fingerprint density at radius 1 is 1.09 bits per heavy atom. The second-order valence-electron chi connectivity index (χ2n) is 10.4. The van der Waals surface area contributed by atoms with Gasteiger partial charge in [-0.3, -0.25) is 4.72 Å². The lowest BCUT2D eigenvalue weighted by molar-refractivity contribution is -0.0537. The Labute approximate surface area is 247 Å². The Kier molecular flexibility index (Phi) is 7.94. The molecule has 5 rings (SSSR count). The Morgan fingerprint density at radius 2 is 1.81 bits per heavy atom. The third kappa shape index (κ3) is 6.19. The Morgan fingerprint density at radius 3 is 2.51 bits per heavy atom. The Hall–Kier alpha value is -3.69. The molecule has 43 heavy (non-hydrogen) atoms. The molecule has 1 aliphatic rings. The summed E-state index contributed by atoms with van der Waals surface area (Å²) >= 11 is 1.15. The first-order valence-corrected chi connectivity index (χ1v) is 15.0. The maximum absolute atomic E-state index is 13.6. The van der Waals surface area contributed by atoms with Crippen LogP contribution >= 0.6 is 11.3 Å². The molecule has 8 nitrogen and oxygen atoms in total. The zero-order valence-corrected chi connectivity index (χ0v) is 24.5. The third-order valence-electron chi connectivity index (χ3n) is 7.06. The van der Waals surface area contributed by atoms with Crippen molar-refractivity contribution in [2.45, 2.75) is 44.1 Å². The van der Waals surface area contributed by atoms with Gasteiger partial charge in [-0.05, 0) is 68.3 Å². The number of nitrogens with zero attached hydrogens (tertiary/aromatic N) is 1. The van der Waals surface area contributed by atoms with Crippen molar-refractivity contribution < 1.29 is 49.7 Å². The van der Waals surface area contributed by atoms with E-state index in [1.54, 1.807) is 32.0 Å². The molecule has 1 aliphatic heterocycles. The molecular weight excluding hydrogens is 619 g/mol. The zero-order chi connectivity index (χ0) is 31.3. The molecule has 3 aromatic carbocycles. The molecule has 1 aromatic heterocycles. The fourth-order valence-electron chi connectivity index (χ4n) is 4.88. The lowest BCUT2D eigenvalue weighted by atomic mass is 9.76. The molecule has 0 amide bonds. The van der Waals surface area contributed by atoms with E-state index in [-0.39, 0.29) is 24.5 Å². The largest absolute Gasteiger partial charge is 0.516 e. The van der Waals surface area contributed by atoms with Crippen molar-refractivity contribution in [2.24, 2.45) is 5.92 Å². The van der Waals surface area contributed by atoms with Crippen LogP contribution < -0.4 is 18.9 Å². The number of fused-ring (bicyclic) bond motifs is 2. The van der Waals surface area contributed by atoms with Gasteiger partial charge < -0.3 is 19.3 Å². The van der Waals surface area contributed by atoms with Gasteiger partial charge >= 0.3 is 15.5 Å². The van der Waals surface area contributed by atoms with Gasteiger partial charge in [0.2, 0.25) is 0 Å². The number of rotatable bonds is 8. The minimum Gasteiger partial charge on any atom is -0.496 e. The van der Waals surface area contributed by atoms with Gasteiger partial charge in [0.05, 0.1) is 23.4 Å². The number of alkyl halides is 3. The van der Waals surface area contributed by atoms with Crippen molar-refractivity contribution in [1.29, 1.82) is 0 Å². The number of ether oxygens (including phenoxy) is 3. The molecule has 0 bridgehead atoms. The van der Waals surface area contributed by atoms with Gasteiger partial charge in [0.1, 0.15) is 34.5 Å². The molecule has 230 valence electrons. The quantitative estimate of drug-likeness (QED) is 0.211. The summed E-state index contributed by atoms with van der Waals surface area (Å²) in [6.07, 6.45) is -1.08. The number of aliphatic hydroxyl groups is 1. The highest BCUT2D eigenvalue weighted by Crippen LogP contribution is 2.47. The van der Waals surface area contributed by atoms with Crippen LogP contribution in [0.2, 0.25) is 0 Å². The van der Waals surface area contributed by atoms with E-state index >= 15 is 0 Å². The number of aliphatic hydroxyl groups excluding tert-OH is 1. The number of nitrogens with one attached hydrogen (secondary N) is 1. The van der Waals surface area contributed by atoms with E-state index < -0.39 is 44.8 Å². The Balaban J connectivity index is 1.38. The van der Waals surface area contributed by atoms with Crippen molar-refractivity contribution in [3.63, 3.8) is 0 Å². The fraction of sp³-hybridized carbons (Fsp3) is 0.321. The highest BCUT2D eigenvalue weighted by molar-refractivity contribution is 7.93. The first-order valence-electron chi connectivity index (χ1n) is 12.7. The summed E-state index contributed by atoms with van der Waals surface area (Å²) in [7, 11) is -4.30. The molecule has 15 heteroatoms. The van der Waals surface area contributed by atoms with Crippen molar-refractivity contribution in [3.05, 3.63) is 76.3 Å². The summed E-state index contributed by atoms with van der Waals surface area (Å²) in [5, 5.41) is 12.0. The lowest BCUT2D eigenvalue weighted by Gasteiger charge is -2.43. The summed E-state index contributed by atoms with van der Waals surface area (Å²) in [5.41, 5.74) is -5.77. The van der Waals surface area contributed by atoms with Gasteiger partial charge in [0, 0.05) is 23.2 Å². The number of methoxy groups -OCH3 is 1. The Bertz CT molecular complexity index is 1750. The molecule has 0 fully saturated rings. The van der Waals surface area contributed by atoms with E-state index in [1.807, 2.05) is 0 Å². The highest BCUT2D eigenvalue weighted by atomic mass is 32.2. The first-order chi connectivity index (χ1) is 20.1. The summed E-state index contributed by atoms with van der Waals surface area (Å²) < 4.78 is 109. The monoisotopic (exact) mass is 644 g/mol. The van der Waals surface area contributed by atoms with Gasteiger partial charge in [-0.2, -0.15) is 21.6 Å². The van der Waals surface area contributed by atoms with Crippen LogP contribution in [0, 0.1) is 17.6 Å². The molecule has 2 N–H and O–H groups in total. The number of hydrogen-bond acceptors (Lipinski definition) is 8. The number of anilines is 1. The van der Waals surface area contributed by atoms with Crippen LogP contribution in [0.5, 0.6) is 17.2 Å². The van der Waals surface area contributed by atoms with Crippen molar-refractivity contribution in [2.75, 3.05) is 11.8 Å². The summed E-state index contributed by atoms with van der Waals surface area (Å²) in [4.78, 5) is 4.26. The normalized spacial score (nSPS) is 18.2. The predicted molar refractivity (Wildman–Crippen MR) is 149 cm³/mol. The molecule has 2 atom stereocenters. The summed E-state index contributed by atoms with van der Waals surface area (Å²) in [5.74, 6) is -1.61. The van der Waals surface area contributed by atoms with Gasteiger partial charge in [0.25, 0.3) is 0 Å². The van der Waals surface area contributed by atoms with Crippen LogP contribution in [0.25, 0.3) is 10.2 Å². The number of benzene rings is 3. The molecule has 0 saturated carbocycles. The van der Waals surface area contributed by atoms with Gasteiger partial charge in [-0.25, -0.2) is 13.8 Å². The van der Waals surface area contributed by atoms with Crippen LogP contribution in [0.4, 0.5) is 27.6 Å². The van der Waals surface area contributed by atoms with Crippen molar-refractivity contribution >= 4 is 37.3 Å². The fourth-order valence-corrected chi connectivity index (χ4v) is 6.32. The molecule has 0 radical (unpaired) electrons. The van der Waals surface area contributed by atoms with Gasteiger partial charge in [-0.1, -0.05) is 0 Å². The number of sulfonamides is 1. The smallest absolute Gasteiger partial charge is 0.496 e. The zero-order valence-electron chi connectivity index (χ0n) is 22.8. The SMILES string of the molecule is COc1ccc(NS(=O)(=O)C(F)(F)F)cc1C[C@H]1C(O)c2cc(OCc3nc4cc(F)c(F)cc4s3)ccc2OC1(C)C. The van der Waals surface area contributed by atoms with Crippen LogP contribution in [-0.2, 0) is 23.1 Å². The molecule has 1 unspecified atom stereocenters. The van der Waals surface area contributed by atoms with E-state index in [4.69, 9.17) is 14.2 Å². The number of halogens is 5. The summed E-state index contributed by atoms with van der Waals surface area (Å²) in [6, 6.07) is 10.6. The standard InChI is InChI=1S/C28H25F5N2O6S2/c1-27(2)18(9-14-8-15(4-6-22(14)39-3)35-43(37,38)28(31,32)33)26(36)17-10-16(5-7-23(17)41-27)40-13-25-34-21-11-19(29)20(30)12-24(21)42-25/h4-8,10-12,18,26,35-36H,9,13H2,1-3H3/t18-,26?/m0/s1. The highest BCUT2D eigenvalue weighted by Gasteiger charge is 2.46. The van der Waals surface area contributed by atoms with Gasteiger partial charge in [-0.15, -0.1) is 11.3 Å². The third-order valence-corrected chi connectivity index (χ3v) is 9.17. The topological polar surface area (TPSA) is 107 Å². The van der Waals surface area contributed by atoms with Crippen LogP contribution in [-0.4, -0.2) is 36.7 Å². The van der Waals surface area contributed by atoms with Crippen LogP contribution in [0.1, 0.15) is 36.1 Å². The second-order valence-corrected chi connectivity index (χ2v) is 13.2. The average molecular weight is 645 g/mol. The van der Waals surface area contributed by atoms with E-state index in [2.05, 4.69) is 4.98 Å². The predicted octanol–water partition coefficient (Wildman–Crippen LogP) is 6.49. The number of aromatic nitrogens is 1. The molecule has 2 heterocycles. The first kappa shape index (κ1) is 30.8. The minimum atomic E-state index is -5.65. The number of thiazole rings is 1. The second kappa shape index (κ2) is 11.1. The minimum absolute atomic E-state index is 0.00886.